The van der Waals surface area contributed by atoms with E-state index in [0.29, 0.717) is 0 Å². The van der Waals surface area contributed by atoms with Gasteiger partial charge in [-0.3, -0.25) is 0 Å². The van der Waals surface area contributed by atoms with Crippen LogP contribution >= 0.6 is 0 Å². The standard InChI is InChI=1S/C7H8FNO3/c1-2-12-7(11)6-5(8)4(10)3-9-6/h3,9-10H,2H2,1H3. The predicted molar refractivity (Wildman–Crippen MR) is 38.4 cm³/mol. The number of nitrogens with one attached hydrogen (secondary N) is 1. The summed E-state index contributed by atoms with van der Waals surface area (Å²) in [6.07, 6.45) is 0.988. The quantitative estimate of drug-likeness (QED) is 0.656. The molecule has 0 saturated carbocycles. The minimum Gasteiger partial charge on any atom is -0.504 e. The molecule has 1 aromatic heterocycles. The van der Waals surface area contributed by atoms with Crippen molar-refractivity contribution in [1.29, 1.82) is 0 Å². The first-order valence-electron chi connectivity index (χ1n) is 3.39. The Bertz CT molecular complexity index is 295. The third-order valence-corrected chi connectivity index (χ3v) is 1.28. The number of rotatable bonds is 2. The van der Waals surface area contributed by atoms with Crippen LogP contribution in [0.4, 0.5) is 4.39 Å². The van der Waals surface area contributed by atoms with Gasteiger partial charge in [-0.15, -0.1) is 0 Å². The van der Waals surface area contributed by atoms with Gasteiger partial charge in [0.25, 0.3) is 0 Å². The summed E-state index contributed by atoms with van der Waals surface area (Å²) in [7, 11) is 0. The van der Waals surface area contributed by atoms with E-state index in [1.165, 1.54) is 0 Å². The summed E-state index contributed by atoms with van der Waals surface area (Å²) in [5, 5.41) is 8.74. The number of aromatic nitrogens is 1. The Morgan fingerprint density at radius 1 is 1.83 bits per heavy atom. The Kier molecular flexibility index (Phi) is 2.32. The van der Waals surface area contributed by atoms with Crippen LogP contribution in [0.1, 0.15) is 17.4 Å². The molecule has 2 N–H and O–H groups in total. The van der Waals surface area contributed by atoms with Gasteiger partial charge in [-0.05, 0) is 6.92 Å². The SMILES string of the molecule is CCOC(=O)c1[nH]cc(O)c1F. The molecule has 1 rings (SSSR count). The van der Waals surface area contributed by atoms with Crippen molar-refractivity contribution in [2.24, 2.45) is 0 Å². The molecule has 0 fully saturated rings. The fourth-order valence-electron chi connectivity index (χ4n) is 0.747. The number of halogens is 1. The summed E-state index contributed by atoms with van der Waals surface area (Å²) >= 11 is 0. The van der Waals surface area contributed by atoms with E-state index in [2.05, 4.69) is 9.72 Å². The normalized spacial score (nSPS) is 9.83. The van der Waals surface area contributed by atoms with Crippen LogP contribution in [-0.2, 0) is 4.74 Å². The average Bonchev–Trinajstić information content (AvgIpc) is 2.34. The lowest BCUT2D eigenvalue weighted by molar-refractivity contribution is 0.0514. The summed E-state index contributed by atoms with van der Waals surface area (Å²) in [4.78, 5) is 13.1. The molecular weight excluding hydrogens is 165 g/mol. The highest BCUT2D eigenvalue weighted by Gasteiger charge is 2.17. The zero-order valence-corrected chi connectivity index (χ0v) is 6.43. The topological polar surface area (TPSA) is 62.3 Å². The second-order valence-electron chi connectivity index (χ2n) is 2.08. The third-order valence-electron chi connectivity index (χ3n) is 1.28. The van der Waals surface area contributed by atoms with Gasteiger partial charge in [0.1, 0.15) is 0 Å². The molecule has 0 bridgehead atoms. The van der Waals surface area contributed by atoms with E-state index >= 15 is 0 Å². The fraction of sp³-hybridized carbons (Fsp3) is 0.286. The predicted octanol–water partition coefficient (Wildman–Crippen LogP) is 1.04. The molecule has 0 spiro atoms. The molecule has 4 nitrogen and oxygen atoms in total. The molecular formula is C7H8FNO3. The van der Waals surface area contributed by atoms with Crippen LogP contribution < -0.4 is 0 Å². The molecule has 0 aliphatic rings. The van der Waals surface area contributed by atoms with Gasteiger partial charge in [0.2, 0.25) is 0 Å². The second-order valence-corrected chi connectivity index (χ2v) is 2.08. The van der Waals surface area contributed by atoms with E-state index in [1.54, 1.807) is 6.92 Å². The van der Waals surface area contributed by atoms with Crippen LogP contribution in [-0.4, -0.2) is 22.7 Å². The maximum absolute atomic E-state index is 12.8. The van der Waals surface area contributed by atoms with Crippen LogP contribution in [0.2, 0.25) is 0 Å². The minimum absolute atomic E-state index is 0.165. The van der Waals surface area contributed by atoms with E-state index in [1.807, 2.05) is 0 Å². The number of ether oxygens (including phenoxy) is 1. The first-order valence-corrected chi connectivity index (χ1v) is 3.39. The highest BCUT2D eigenvalue weighted by atomic mass is 19.1. The van der Waals surface area contributed by atoms with Crippen molar-refractivity contribution in [2.75, 3.05) is 6.61 Å². The molecule has 0 atom stereocenters. The Morgan fingerprint density at radius 3 is 2.92 bits per heavy atom. The lowest BCUT2D eigenvalue weighted by Gasteiger charge is -1.97. The average molecular weight is 173 g/mol. The first-order chi connectivity index (χ1) is 5.66. The molecule has 0 aromatic carbocycles. The van der Waals surface area contributed by atoms with Crippen LogP contribution in [0.25, 0.3) is 0 Å². The number of aromatic hydroxyl groups is 1. The van der Waals surface area contributed by atoms with Gasteiger partial charge in [-0.1, -0.05) is 0 Å². The number of hydrogen-bond acceptors (Lipinski definition) is 3. The summed E-state index contributed by atoms with van der Waals surface area (Å²) in [6, 6.07) is 0. The Balaban J connectivity index is 2.88. The number of carbonyl (C=O) groups excluding carboxylic acids is 1. The van der Waals surface area contributed by atoms with Crippen molar-refractivity contribution >= 4 is 5.97 Å². The molecule has 0 saturated heterocycles. The summed E-state index contributed by atoms with van der Waals surface area (Å²) in [5.74, 6) is -2.37. The van der Waals surface area contributed by atoms with Crippen molar-refractivity contribution in [2.45, 2.75) is 6.92 Å². The fourth-order valence-corrected chi connectivity index (χ4v) is 0.747. The zero-order chi connectivity index (χ0) is 9.14. The number of aromatic amines is 1. The van der Waals surface area contributed by atoms with Crippen LogP contribution in [0, 0.1) is 5.82 Å². The van der Waals surface area contributed by atoms with Gasteiger partial charge in [0.05, 0.1) is 6.61 Å². The van der Waals surface area contributed by atoms with Crippen molar-refractivity contribution < 1.29 is 19.0 Å². The Morgan fingerprint density at radius 2 is 2.50 bits per heavy atom. The molecule has 5 heteroatoms. The van der Waals surface area contributed by atoms with E-state index in [4.69, 9.17) is 5.11 Å². The number of esters is 1. The number of H-pyrrole nitrogens is 1. The molecule has 0 aliphatic carbocycles. The first kappa shape index (κ1) is 8.58. The van der Waals surface area contributed by atoms with Gasteiger partial charge in [0.15, 0.2) is 17.3 Å². The highest BCUT2D eigenvalue weighted by molar-refractivity contribution is 5.88. The second kappa shape index (κ2) is 3.25. The molecule has 0 unspecified atom stereocenters. The molecule has 0 radical (unpaired) electrons. The van der Waals surface area contributed by atoms with Crippen molar-refractivity contribution in [1.82, 2.24) is 4.98 Å². The zero-order valence-electron chi connectivity index (χ0n) is 6.43. The lowest BCUT2D eigenvalue weighted by Crippen LogP contribution is -2.06. The molecule has 1 heterocycles. The molecule has 12 heavy (non-hydrogen) atoms. The monoisotopic (exact) mass is 173 g/mol. The molecule has 0 aliphatic heterocycles. The van der Waals surface area contributed by atoms with Gasteiger partial charge in [-0.2, -0.15) is 0 Å². The van der Waals surface area contributed by atoms with Gasteiger partial charge in [-0.25, -0.2) is 9.18 Å². The molecule has 1 aromatic rings. The van der Waals surface area contributed by atoms with E-state index in [9.17, 15) is 9.18 Å². The smallest absolute Gasteiger partial charge is 0.357 e. The summed E-state index contributed by atoms with van der Waals surface area (Å²) in [6.45, 7) is 1.77. The summed E-state index contributed by atoms with van der Waals surface area (Å²) < 4.78 is 17.3. The number of carbonyl (C=O) groups is 1. The summed E-state index contributed by atoms with van der Waals surface area (Å²) in [5.41, 5.74) is -0.352. The minimum atomic E-state index is -0.978. The maximum atomic E-state index is 12.8. The van der Waals surface area contributed by atoms with Crippen molar-refractivity contribution in [3.05, 3.63) is 17.7 Å². The van der Waals surface area contributed by atoms with Gasteiger partial charge < -0.3 is 14.8 Å². The van der Waals surface area contributed by atoms with Crippen molar-refractivity contribution in [3.8, 4) is 5.75 Å². The van der Waals surface area contributed by atoms with Gasteiger partial charge in [0, 0.05) is 6.20 Å². The Labute approximate surface area is 68.0 Å². The van der Waals surface area contributed by atoms with Crippen LogP contribution in [0.3, 0.4) is 0 Å². The highest BCUT2D eigenvalue weighted by Crippen LogP contribution is 2.18. The number of hydrogen-bond donors (Lipinski definition) is 2. The largest absolute Gasteiger partial charge is 0.504 e. The van der Waals surface area contributed by atoms with Crippen molar-refractivity contribution in [3.63, 3.8) is 0 Å². The van der Waals surface area contributed by atoms with Crippen LogP contribution in [0.15, 0.2) is 6.20 Å². The maximum Gasteiger partial charge on any atom is 0.357 e. The van der Waals surface area contributed by atoms with E-state index in [0.717, 1.165) is 6.20 Å². The third kappa shape index (κ3) is 1.39. The lowest BCUT2D eigenvalue weighted by atomic mass is 10.4. The molecule has 66 valence electrons. The van der Waals surface area contributed by atoms with Gasteiger partial charge >= 0.3 is 5.97 Å². The molecule has 0 amide bonds. The van der Waals surface area contributed by atoms with Crippen LogP contribution in [0.5, 0.6) is 5.75 Å². The Hall–Kier alpha value is -1.52. The van der Waals surface area contributed by atoms with E-state index in [-0.39, 0.29) is 12.3 Å². The van der Waals surface area contributed by atoms with E-state index < -0.39 is 17.5 Å².